The van der Waals surface area contributed by atoms with E-state index in [4.69, 9.17) is 5.73 Å². The van der Waals surface area contributed by atoms with Gasteiger partial charge in [0, 0.05) is 12.3 Å². The molecule has 3 nitrogen and oxygen atoms in total. The van der Waals surface area contributed by atoms with E-state index >= 15 is 0 Å². The van der Waals surface area contributed by atoms with Gasteiger partial charge in [0.15, 0.2) is 0 Å². The standard InChI is InChI=1S/C10H19NO2S/c1-14(12,13)7-3-5-9-4-2-6-10(11)8-9/h5,10H,2-4,6-8,11H2,1H3/b9-5-. The van der Waals surface area contributed by atoms with Crippen LogP contribution in [0.5, 0.6) is 0 Å². The van der Waals surface area contributed by atoms with E-state index < -0.39 is 9.84 Å². The average molecular weight is 217 g/mol. The minimum Gasteiger partial charge on any atom is -0.327 e. The largest absolute Gasteiger partial charge is 0.327 e. The van der Waals surface area contributed by atoms with Crippen LogP contribution in [0, 0.1) is 0 Å². The lowest BCUT2D eigenvalue weighted by Crippen LogP contribution is -2.23. The van der Waals surface area contributed by atoms with Gasteiger partial charge in [-0.3, -0.25) is 0 Å². The molecule has 82 valence electrons. The number of sulfone groups is 1. The second-order valence-electron chi connectivity index (χ2n) is 4.14. The van der Waals surface area contributed by atoms with Gasteiger partial charge >= 0.3 is 0 Å². The highest BCUT2D eigenvalue weighted by Gasteiger charge is 2.12. The molecule has 14 heavy (non-hydrogen) atoms. The van der Waals surface area contributed by atoms with Crippen molar-refractivity contribution < 1.29 is 8.42 Å². The molecule has 4 heteroatoms. The van der Waals surface area contributed by atoms with Gasteiger partial charge in [0.2, 0.25) is 0 Å². The maximum absolute atomic E-state index is 10.9. The molecule has 0 aromatic carbocycles. The van der Waals surface area contributed by atoms with Gasteiger partial charge in [-0.15, -0.1) is 0 Å². The monoisotopic (exact) mass is 217 g/mol. The molecule has 1 unspecified atom stereocenters. The molecule has 0 aliphatic heterocycles. The molecule has 1 atom stereocenters. The third-order valence-electron chi connectivity index (χ3n) is 2.52. The Balaban J connectivity index is 2.37. The Hall–Kier alpha value is -0.350. The second-order valence-corrected chi connectivity index (χ2v) is 6.40. The van der Waals surface area contributed by atoms with Crippen LogP contribution in [-0.2, 0) is 9.84 Å². The summed E-state index contributed by atoms with van der Waals surface area (Å²) in [7, 11) is -2.81. The van der Waals surface area contributed by atoms with Crippen LogP contribution >= 0.6 is 0 Å². The molecule has 0 radical (unpaired) electrons. The topological polar surface area (TPSA) is 60.2 Å². The summed E-state index contributed by atoms with van der Waals surface area (Å²) < 4.78 is 21.8. The lowest BCUT2D eigenvalue weighted by atomic mass is 9.91. The third kappa shape index (κ3) is 4.77. The maximum Gasteiger partial charge on any atom is 0.147 e. The predicted octanol–water partition coefficient (Wildman–Crippen LogP) is 1.25. The molecule has 2 N–H and O–H groups in total. The Morgan fingerprint density at radius 1 is 1.57 bits per heavy atom. The van der Waals surface area contributed by atoms with Crippen LogP contribution in [0.3, 0.4) is 0 Å². The van der Waals surface area contributed by atoms with Crippen LogP contribution < -0.4 is 5.73 Å². The molecule has 0 aromatic heterocycles. The van der Waals surface area contributed by atoms with Crippen molar-refractivity contribution in [2.45, 2.75) is 38.1 Å². The van der Waals surface area contributed by atoms with Gasteiger partial charge < -0.3 is 5.73 Å². The smallest absolute Gasteiger partial charge is 0.147 e. The first kappa shape index (κ1) is 11.7. The van der Waals surface area contributed by atoms with E-state index in [9.17, 15) is 8.42 Å². The highest BCUT2D eigenvalue weighted by Crippen LogP contribution is 2.22. The molecule has 0 bridgehead atoms. The summed E-state index contributed by atoms with van der Waals surface area (Å²) in [6.07, 6.45) is 8.26. The zero-order valence-electron chi connectivity index (χ0n) is 8.70. The van der Waals surface area contributed by atoms with Crippen LogP contribution in [0.15, 0.2) is 11.6 Å². The van der Waals surface area contributed by atoms with Crippen molar-refractivity contribution in [1.82, 2.24) is 0 Å². The Kier molecular flexibility index (Phi) is 4.13. The van der Waals surface area contributed by atoms with E-state index in [1.54, 1.807) is 0 Å². The van der Waals surface area contributed by atoms with Crippen LogP contribution in [-0.4, -0.2) is 26.5 Å². The number of nitrogens with two attached hydrogens (primary N) is 1. The Bertz CT molecular complexity index is 306. The van der Waals surface area contributed by atoms with Crippen molar-refractivity contribution >= 4 is 9.84 Å². The summed E-state index contributed by atoms with van der Waals surface area (Å²) in [5.74, 6) is 0.256. The summed E-state index contributed by atoms with van der Waals surface area (Å²) >= 11 is 0. The predicted molar refractivity (Wildman–Crippen MR) is 58.9 cm³/mol. The van der Waals surface area contributed by atoms with Crippen molar-refractivity contribution in [3.63, 3.8) is 0 Å². The lowest BCUT2D eigenvalue weighted by molar-refractivity contribution is 0.516. The molecular formula is C10H19NO2S. The van der Waals surface area contributed by atoms with Gasteiger partial charge in [0.05, 0.1) is 5.75 Å². The maximum atomic E-state index is 10.9. The molecular weight excluding hydrogens is 198 g/mol. The van der Waals surface area contributed by atoms with Crippen LogP contribution in [0.2, 0.25) is 0 Å². The van der Waals surface area contributed by atoms with Gasteiger partial charge in [-0.05, 0) is 32.1 Å². The van der Waals surface area contributed by atoms with Crippen molar-refractivity contribution in [3.05, 3.63) is 11.6 Å². The summed E-state index contributed by atoms with van der Waals surface area (Å²) in [6, 6.07) is 0.285. The summed E-state index contributed by atoms with van der Waals surface area (Å²) in [5, 5.41) is 0. The molecule has 1 saturated carbocycles. The minimum absolute atomic E-state index is 0.256. The molecule has 0 saturated heterocycles. The van der Waals surface area contributed by atoms with Crippen molar-refractivity contribution in [3.8, 4) is 0 Å². The first-order chi connectivity index (χ1) is 6.47. The van der Waals surface area contributed by atoms with Gasteiger partial charge in [0.1, 0.15) is 9.84 Å². The van der Waals surface area contributed by atoms with E-state index in [0.29, 0.717) is 6.42 Å². The van der Waals surface area contributed by atoms with Gasteiger partial charge in [-0.25, -0.2) is 8.42 Å². The molecule has 1 aliphatic rings. The Labute approximate surface area is 86.3 Å². The number of hydrogen-bond donors (Lipinski definition) is 1. The quantitative estimate of drug-likeness (QED) is 0.724. The Morgan fingerprint density at radius 3 is 2.86 bits per heavy atom. The fraction of sp³-hybridized carbons (Fsp3) is 0.800. The fourth-order valence-corrected chi connectivity index (χ4v) is 2.34. The first-order valence-corrected chi connectivity index (χ1v) is 7.14. The molecule has 1 aliphatic carbocycles. The fourth-order valence-electron chi connectivity index (χ4n) is 1.79. The summed E-state index contributed by atoms with van der Waals surface area (Å²) in [6.45, 7) is 0. The highest BCUT2D eigenvalue weighted by atomic mass is 32.2. The molecule has 0 heterocycles. The number of allylic oxidation sites excluding steroid dienone is 1. The van der Waals surface area contributed by atoms with Crippen molar-refractivity contribution in [2.75, 3.05) is 12.0 Å². The first-order valence-electron chi connectivity index (χ1n) is 5.08. The zero-order valence-corrected chi connectivity index (χ0v) is 9.52. The summed E-state index contributed by atoms with van der Waals surface area (Å²) in [5.41, 5.74) is 7.16. The van der Waals surface area contributed by atoms with Gasteiger partial charge in [-0.2, -0.15) is 0 Å². The second kappa shape index (κ2) is 4.94. The molecule has 1 fully saturated rings. The van der Waals surface area contributed by atoms with Crippen LogP contribution in [0.4, 0.5) is 0 Å². The van der Waals surface area contributed by atoms with E-state index in [1.807, 2.05) is 0 Å². The lowest BCUT2D eigenvalue weighted by Gasteiger charge is -2.20. The van der Waals surface area contributed by atoms with E-state index in [-0.39, 0.29) is 11.8 Å². The number of hydrogen-bond acceptors (Lipinski definition) is 3. The average Bonchev–Trinajstić information content (AvgIpc) is 2.01. The molecule has 1 rings (SSSR count). The van der Waals surface area contributed by atoms with Crippen LogP contribution in [0.1, 0.15) is 32.1 Å². The zero-order chi connectivity index (χ0) is 10.6. The van der Waals surface area contributed by atoms with Gasteiger partial charge in [0.25, 0.3) is 0 Å². The minimum atomic E-state index is -2.81. The highest BCUT2D eigenvalue weighted by molar-refractivity contribution is 7.90. The van der Waals surface area contributed by atoms with E-state index in [0.717, 1.165) is 25.7 Å². The normalized spacial score (nSPS) is 26.7. The SMILES string of the molecule is CS(=O)(=O)CC/C=C1/CCCC(N)C1. The third-order valence-corrected chi connectivity index (χ3v) is 3.50. The van der Waals surface area contributed by atoms with Crippen molar-refractivity contribution in [1.29, 1.82) is 0 Å². The van der Waals surface area contributed by atoms with E-state index in [1.165, 1.54) is 11.8 Å². The van der Waals surface area contributed by atoms with Crippen LogP contribution in [0.25, 0.3) is 0 Å². The Morgan fingerprint density at radius 2 is 2.29 bits per heavy atom. The van der Waals surface area contributed by atoms with Gasteiger partial charge in [-0.1, -0.05) is 11.6 Å². The van der Waals surface area contributed by atoms with E-state index in [2.05, 4.69) is 6.08 Å². The molecule has 0 aromatic rings. The molecule has 0 amide bonds. The van der Waals surface area contributed by atoms with Crippen molar-refractivity contribution in [2.24, 2.45) is 5.73 Å². The number of rotatable bonds is 3. The molecule has 0 spiro atoms. The summed E-state index contributed by atoms with van der Waals surface area (Å²) in [4.78, 5) is 0.